The predicted molar refractivity (Wildman–Crippen MR) is 108 cm³/mol. The molecule has 3 aromatic rings. The molecule has 2 aromatic carbocycles. The van der Waals surface area contributed by atoms with Gasteiger partial charge >= 0.3 is 0 Å². The second kappa shape index (κ2) is 8.01. The zero-order valence-corrected chi connectivity index (χ0v) is 16.1. The van der Waals surface area contributed by atoms with Gasteiger partial charge in [-0.05, 0) is 41.5 Å². The van der Waals surface area contributed by atoms with Crippen molar-refractivity contribution in [3.8, 4) is 0 Å². The van der Waals surface area contributed by atoms with Crippen molar-refractivity contribution in [2.75, 3.05) is 5.32 Å². The molecule has 0 fully saturated rings. The molecule has 1 aliphatic heterocycles. The molecular weight excluding hydrogens is 393 g/mol. The first-order valence-electron chi connectivity index (χ1n) is 9.07. The molecular formula is C22H17ClFN3O2. The van der Waals surface area contributed by atoms with Crippen molar-refractivity contribution in [3.05, 3.63) is 94.4 Å². The van der Waals surface area contributed by atoms with Crippen LogP contribution in [0.3, 0.4) is 0 Å². The minimum atomic E-state index is -0.539. The minimum Gasteiger partial charge on any atom is -0.327 e. The zero-order chi connectivity index (χ0) is 20.4. The highest BCUT2D eigenvalue weighted by Crippen LogP contribution is 2.33. The molecule has 1 aromatic heterocycles. The van der Waals surface area contributed by atoms with E-state index in [0.29, 0.717) is 28.5 Å². The topological polar surface area (TPSA) is 62.3 Å². The summed E-state index contributed by atoms with van der Waals surface area (Å²) in [4.78, 5) is 31.3. The molecule has 0 bridgehead atoms. The summed E-state index contributed by atoms with van der Waals surface area (Å²) in [6, 6.07) is 15.9. The molecule has 2 heterocycles. The van der Waals surface area contributed by atoms with E-state index in [4.69, 9.17) is 11.6 Å². The number of nitrogens with one attached hydrogen (secondary N) is 1. The molecule has 7 heteroatoms. The molecule has 146 valence electrons. The van der Waals surface area contributed by atoms with Gasteiger partial charge in [0.2, 0.25) is 5.91 Å². The average molecular weight is 410 g/mol. The smallest absolute Gasteiger partial charge is 0.255 e. The number of fused-ring (bicyclic) bond motifs is 1. The van der Waals surface area contributed by atoms with Crippen molar-refractivity contribution < 1.29 is 14.0 Å². The molecule has 2 amide bonds. The molecule has 1 atom stereocenters. The third kappa shape index (κ3) is 4.12. The second-order valence-corrected chi connectivity index (χ2v) is 7.21. The van der Waals surface area contributed by atoms with E-state index in [1.54, 1.807) is 35.2 Å². The zero-order valence-electron chi connectivity index (χ0n) is 15.3. The van der Waals surface area contributed by atoms with Crippen LogP contribution in [0.4, 0.5) is 10.2 Å². The second-order valence-electron chi connectivity index (χ2n) is 6.77. The molecule has 0 aliphatic carbocycles. The highest BCUT2D eigenvalue weighted by molar-refractivity contribution is 6.30. The van der Waals surface area contributed by atoms with Gasteiger partial charge in [-0.15, -0.1) is 0 Å². The number of anilines is 1. The number of nitrogens with zero attached hydrogens (tertiary/aromatic N) is 2. The van der Waals surface area contributed by atoms with Gasteiger partial charge in [0.1, 0.15) is 11.6 Å². The normalized spacial score (nSPS) is 13.9. The molecule has 4 rings (SSSR count). The van der Waals surface area contributed by atoms with Gasteiger partial charge in [0.15, 0.2) is 0 Å². The van der Waals surface area contributed by atoms with Gasteiger partial charge in [0, 0.05) is 18.3 Å². The van der Waals surface area contributed by atoms with Crippen LogP contribution in [-0.2, 0) is 11.3 Å². The van der Waals surface area contributed by atoms with Crippen molar-refractivity contribution in [1.82, 2.24) is 9.88 Å². The fourth-order valence-corrected chi connectivity index (χ4v) is 3.55. The van der Waals surface area contributed by atoms with E-state index >= 15 is 0 Å². The fourth-order valence-electron chi connectivity index (χ4n) is 3.44. The number of pyridine rings is 1. The summed E-state index contributed by atoms with van der Waals surface area (Å²) < 4.78 is 13.4. The van der Waals surface area contributed by atoms with Crippen LogP contribution in [0.15, 0.2) is 66.9 Å². The summed E-state index contributed by atoms with van der Waals surface area (Å²) in [5, 5.41) is 3.18. The lowest BCUT2D eigenvalue weighted by Gasteiger charge is -2.28. The monoisotopic (exact) mass is 409 g/mol. The summed E-state index contributed by atoms with van der Waals surface area (Å²) in [5.74, 6) is -0.461. The van der Waals surface area contributed by atoms with Crippen molar-refractivity contribution in [2.45, 2.75) is 19.0 Å². The largest absolute Gasteiger partial charge is 0.327 e. The van der Waals surface area contributed by atoms with Crippen LogP contribution >= 0.6 is 11.6 Å². The number of amides is 2. The Morgan fingerprint density at radius 2 is 1.90 bits per heavy atom. The van der Waals surface area contributed by atoms with E-state index in [1.165, 1.54) is 18.3 Å². The molecule has 5 nitrogen and oxygen atoms in total. The van der Waals surface area contributed by atoms with Gasteiger partial charge in [-0.25, -0.2) is 9.37 Å². The van der Waals surface area contributed by atoms with Gasteiger partial charge < -0.3 is 10.2 Å². The number of hydrogen-bond donors (Lipinski definition) is 1. The number of rotatable bonds is 5. The molecule has 0 radical (unpaired) electrons. The first-order chi connectivity index (χ1) is 14.0. The number of hydrogen-bond acceptors (Lipinski definition) is 3. The standard InChI is InChI=1S/C22H17ClFN3O2/c23-16-7-10-20(25-12-16)26-21(28)11-19(14-5-8-17(24)9-6-14)27-13-15-3-1-2-4-18(15)22(27)29/h1-10,12,19H,11,13H2,(H,25,26,28). The van der Waals surface area contributed by atoms with E-state index in [0.717, 1.165) is 5.56 Å². The van der Waals surface area contributed by atoms with Gasteiger partial charge in [-0.3, -0.25) is 9.59 Å². The first kappa shape index (κ1) is 19.1. The predicted octanol–water partition coefficient (Wildman–Crippen LogP) is 4.60. The summed E-state index contributed by atoms with van der Waals surface area (Å²) in [7, 11) is 0. The van der Waals surface area contributed by atoms with Gasteiger partial charge in [-0.1, -0.05) is 41.9 Å². The summed E-state index contributed by atoms with van der Waals surface area (Å²) >= 11 is 5.82. The minimum absolute atomic E-state index is 0.00959. The lowest BCUT2D eigenvalue weighted by atomic mass is 10.0. The van der Waals surface area contributed by atoms with Crippen LogP contribution in [-0.4, -0.2) is 21.7 Å². The van der Waals surface area contributed by atoms with E-state index in [1.807, 2.05) is 18.2 Å². The quantitative estimate of drug-likeness (QED) is 0.669. The van der Waals surface area contributed by atoms with E-state index < -0.39 is 6.04 Å². The Hall–Kier alpha value is -3.25. The van der Waals surface area contributed by atoms with Crippen molar-refractivity contribution >= 4 is 29.2 Å². The van der Waals surface area contributed by atoms with Crippen molar-refractivity contribution in [2.24, 2.45) is 0 Å². The lowest BCUT2D eigenvalue weighted by molar-refractivity contribution is -0.117. The van der Waals surface area contributed by atoms with Gasteiger partial charge in [-0.2, -0.15) is 0 Å². The van der Waals surface area contributed by atoms with Crippen LogP contribution in [0.2, 0.25) is 5.02 Å². The Balaban J connectivity index is 1.59. The molecule has 0 saturated heterocycles. The highest BCUT2D eigenvalue weighted by Gasteiger charge is 2.34. The van der Waals surface area contributed by atoms with Crippen LogP contribution < -0.4 is 5.32 Å². The van der Waals surface area contributed by atoms with Crippen LogP contribution in [0.1, 0.15) is 33.9 Å². The number of halogens is 2. The summed E-state index contributed by atoms with van der Waals surface area (Å²) in [5.41, 5.74) is 2.22. The first-order valence-corrected chi connectivity index (χ1v) is 9.45. The maximum Gasteiger partial charge on any atom is 0.255 e. The number of benzene rings is 2. The number of aromatic nitrogens is 1. The average Bonchev–Trinajstić information content (AvgIpc) is 3.05. The van der Waals surface area contributed by atoms with E-state index in [-0.39, 0.29) is 24.1 Å². The molecule has 0 spiro atoms. The summed E-state index contributed by atoms with van der Waals surface area (Å²) in [6.07, 6.45) is 1.45. The summed E-state index contributed by atoms with van der Waals surface area (Å²) in [6.45, 7) is 0.392. The molecule has 0 saturated carbocycles. The maximum absolute atomic E-state index is 13.4. The van der Waals surface area contributed by atoms with Crippen LogP contribution in [0.25, 0.3) is 0 Å². The molecule has 1 N–H and O–H groups in total. The Morgan fingerprint density at radius 1 is 1.14 bits per heavy atom. The van der Waals surface area contributed by atoms with Crippen molar-refractivity contribution in [3.63, 3.8) is 0 Å². The van der Waals surface area contributed by atoms with E-state index in [9.17, 15) is 14.0 Å². The fraction of sp³-hybridized carbons (Fsp3) is 0.136. The Morgan fingerprint density at radius 3 is 2.59 bits per heavy atom. The maximum atomic E-state index is 13.4. The third-order valence-corrected chi connectivity index (χ3v) is 5.08. The van der Waals surface area contributed by atoms with Crippen LogP contribution in [0.5, 0.6) is 0 Å². The number of carbonyl (C=O) groups is 2. The molecule has 1 unspecified atom stereocenters. The third-order valence-electron chi connectivity index (χ3n) is 4.85. The van der Waals surface area contributed by atoms with Gasteiger partial charge in [0.25, 0.3) is 5.91 Å². The molecule has 1 aliphatic rings. The van der Waals surface area contributed by atoms with Gasteiger partial charge in [0.05, 0.1) is 17.5 Å². The highest BCUT2D eigenvalue weighted by atomic mass is 35.5. The van der Waals surface area contributed by atoms with E-state index in [2.05, 4.69) is 10.3 Å². The molecule has 29 heavy (non-hydrogen) atoms. The van der Waals surface area contributed by atoms with Crippen molar-refractivity contribution in [1.29, 1.82) is 0 Å². The Kier molecular flexibility index (Phi) is 5.27. The van der Waals surface area contributed by atoms with Crippen LogP contribution in [0, 0.1) is 5.82 Å². The SMILES string of the molecule is O=C(CC(c1ccc(F)cc1)N1Cc2ccccc2C1=O)Nc1ccc(Cl)cn1. The number of carbonyl (C=O) groups excluding carboxylic acids is 2. The Labute approximate surface area is 172 Å². The lowest BCUT2D eigenvalue weighted by Crippen LogP contribution is -2.32. The Bertz CT molecular complexity index is 1050.